The van der Waals surface area contributed by atoms with Gasteiger partial charge in [0.05, 0.1) is 0 Å². The van der Waals surface area contributed by atoms with Gasteiger partial charge in [-0.05, 0) is 78.7 Å². The lowest BCUT2D eigenvalue weighted by Gasteiger charge is -2.12. The Morgan fingerprint density at radius 3 is 1.63 bits per heavy atom. The maximum atomic E-state index is 6.82. The van der Waals surface area contributed by atoms with E-state index in [0.29, 0.717) is 0 Å². The topological polar surface area (TPSA) is 23.9 Å². The second-order valence-electron chi connectivity index (χ2n) is 11.7. The fourth-order valence-corrected chi connectivity index (χ4v) is 7.80. The van der Waals surface area contributed by atoms with Gasteiger partial charge in [0, 0.05) is 26.4 Å². The summed E-state index contributed by atoms with van der Waals surface area (Å²) in [5.41, 5.74) is 6.22. The highest BCUT2D eigenvalue weighted by atomic mass is 32.1. The number of hydrogen-bond donors (Lipinski definition) is 1. The van der Waals surface area contributed by atoms with E-state index in [1.54, 1.807) is 0 Å². The molecule has 0 radical (unpaired) electrons. The van der Waals surface area contributed by atoms with E-state index in [2.05, 4.69) is 133 Å². The first-order valence-electron chi connectivity index (χ1n) is 15.6. The Hall–Kier alpha value is -5.57. The minimum absolute atomic E-state index is 0.920. The Morgan fingerprint density at radius 1 is 0.435 bits per heavy atom. The van der Waals surface area contributed by atoms with Gasteiger partial charge in [-0.15, -0.1) is 11.3 Å². The monoisotopic (exact) mass is 605 g/mol. The SMILES string of the molecule is N=Cc1ccccc1.c1ccc2c(c1)sc1cccc(-c3ccc(Cc4ccc5c6ccccc6c6ccccc6c5c4)cc3)c12. The minimum Gasteiger partial charge on any atom is -0.308 e. The van der Waals surface area contributed by atoms with E-state index in [1.165, 1.54) is 81.0 Å². The van der Waals surface area contributed by atoms with Gasteiger partial charge in [-0.1, -0.05) is 152 Å². The van der Waals surface area contributed by atoms with Gasteiger partial charge in [0.15, 0.2) is 0 Å². The number of fused-ring (bicyclic) bond motifs is 9. The van der Waals surface area contributed by atoms with Crippen molar-refractivity contribution in [3.05, 3.63) is 180 Å². The van der Waals surface area contributed by atoms with Gasteiger partial charge < -0.3 is 5.41 Å². The number of nitrogens with one attached hydrogen (secondary N) is 1. The first-order valence-corrected chi connectivity index (χ1v) is 16.5. The molecular weight excluding hydrogens is 575 g/mol. The maximum Gasteiger partial charge on any atom is 0.0361 e. The summed E-state index contributed by atoms with van der Waals surface area (Å²) < 4.78 is 2.70. The largest absolute Gasteiger partial charge is 0.308 e. The molecule has 1 nitrogen and oxygen atoms in total. The molecule has 0 spiro atoms. The average molecular weight is 606 g/mol. The van der Waals surface area contributed by atoms with Crippen LogP contribution < -0.4 is 0 Å². The van der Waals surface area contributed by atoms with Crippen LogP contribution in [0.15, 0.2) is 164 Å². The third kappa shape index (κ3) is 5.13. The van der Waals surface area contributed by atoms with Crippen molar-refractivity contribution in [2.75, 3.05) is 0 Å². The molecule has 0 aliphatic heterocycles. The Morgan fingerprint density at radius 2 is 0.978 bits per heavy atom. The van der Waals surface area contributed by atoms with Crippen molar-refractivity contribution in [3.63, 3.8) is 0 Å². The van der Waals surface area contributed by atoms with Crippen molar-refractivity contribution < 1.29 is 0 Å². The van der Waals surface area contributed by atoms with Crippen molar-refractivity contribution >= 4 is 70.0 Å². The Balaban J connectivity index is 0.000000344. The summed E-state index contributed by atoms with van der Waals surface area (Å²) in [5, 5.41) is 17.5. The van der Waals surface area contributed by atoms with Gasteiger partial charge in [0.25, 0.3) is 0 Å². The number of benzene rings is 8. The predicted molar refractivity (Wildman–Crippen MR) is 201 cm³/mol. The van der Waals surface area contributed by atoms with E-state index in [0.717, 1.165) is 12.0 Å². The molecule has 218 valence electrons. The lowest BCUT2D eigenvalue weighted by atomic mass is 9.92. The highest BCUT2D eigenvalue weighted by Gasteiger charge is 2.12. The Bertz CT molecular complexity index is 2470. The molecule has 0 saturated carbocycles. The van der Waals surface area contributed by atoms with Crippen LogP contribution in [0.25, 0.3) is 63.6 Å². The van der Waals surface area contributed by atoms with Crippen molar-refractivity contribution in [1.82, 2.24) is 0 Å². The van der Waals surface area contributed by atoms with Crippen molar-refractivity contribution in [2.45, 2.75) is 6.42 Å². The third-order valence-electron chi connectivity index (χ3n) is 8.85. The van der Waals surface area contributed by atoms with Gasteiger partial charge in [0.2, 0.25) is 0 Å². The number of rotatable bonds is 4. The molecule has 0 saturated heterocycles. The zero-order valence-electron chi connectivity index (χ0n) is 25.3. The van der Waals surface area contributed by atoms with E-state index in [4.69, 9.17) is 5.41 Å². The molecule has 0 amide bonds. The molecule has 46 heavy (non-hydrogen) atoms. The van der Waals surface area contributed by atoms with Crippen LogP contribution in [0.1, 0.15) is 16.7 Å². The molecule has 0 aliphatic rings. The summed E-state index contributed by atoms with van der Waals surface area (Å²) in [4.78, 5) is 0. The second kappa shape index (κ2) is 12.1. The van der Waals surface area contributed by atoms with Crippen LogP contribution in [0.4, 0.5) is 0 Å². The van der Waals surface area contributed by atoms with E-state index < -0.39 is 0 Å². The number of hydrogen-bond acceptors (Lipinski definition) is 2. The molecule has 1 N–H and O–H groups in total. The summed E-state index contributed by atoms with van der Waals surface area (Å²) in [6.07, 6.45) is 2.25. The lowest BCUT2D eigenvalue weighted by molar-refractivity contribution is 1.20. The molecule has 0 atom stereocenters. The molecule has 0 bridgehead atoms. The van der Waals surface area contributed by atoms with Crippen LogP contribution in [0, 0.1) is 5.41 Å². The molecule has 1 aromatic heterocycles. The van der Waals surface area contributed by atoms with Crippen molar-refractivity contribution in [3.8, 4) is 11.1 Å². The normalized spacial score (nSPS) is 11.2. The smallest absolute Gasteiger partial charge is 0.0361 e. The van der Waals surface area contributed by atoms with E-state index in [1.807, 2.05) is 41.7 Å². The fourth-order valence-electron chi connectivity index (χ4n) is 6.67. The molecule has 8 aromatic carbocycles. The standard InChI is InChI=1S/C37H24S.C7H7N/c1-2-10-30-28(8-1)29-9-3-4-11-31(29)34-23-25(18-21-32(30)34)22-24-16-19-26(20-17-24)27-13-7-15-36-37(27)33-12-5-6-14-35(33)38-36;8-6-7-4-2-1-3-5-7/h1-21,23H,22H2;1-6,8H. The first kappa shape index (κ1) is 27.9. The second-order valence-corrected chi connectivity index (χ2v) is 12.8. The quantitative estimate of drug-likeness (QED) is 0.152. The highest BCUT2D eigenvalue weighted by molar-refractivity contribution is 7.25. The number of thiophene rings is 1. The molecular formula is C44H31NS. The Labute approximate surface area is 272 Å². The van der Waals surface area contributed by atoms with E-state index in [-0.39, 0.29) is 0 Å². The van der Waals surface area contributed by atoms with Crippen LogP contribution in [-0.2, 0) is 6.42 Å². The minimum atomic E-state index is 0.920. The van der Waals surface area contributed by atoms with Crippen LogP contribution >= 0.6 is 11.3 Å². The van der Waals surface area contributed by atoms with Gasteiger partial charge in [-0.25, -0.2) is 0 Å². The van der Waals surface area contributed by atoms with Gasteiger partial charge in [0.1, 0.15) is 0 Å². The van der Waals surface area contributed by atoms with Crippen molar-refractivity contribution in [1.29, 1.82) is 5.41 Å². The zero-order valence-corrected chi connectivity index (χ0v) is 26.1. The highest BCUT2D eigenvalue weighted by Crippen LogP contribution is 2.40. The van der Waals surface area contributed by atoms with Gasteiger partial charge >= 0.3 is 0 Å². The summed E-state index contributed by atoms with van der Waals surface area (Å²) in [6, 6.07) is 58.8. The molecule has 0 unspecified atom stereocenters. The molecule has 0 aliphatic carbocycles. The average Bonchev–Trinajstić information content (AvgIpc) is 3.52. The van der Waals surface area contributed by atoms with Crippen molar-refractivity contribution in [2.24, 2.45) is 0 Å². The Kier molecular flexibility index (Phi) is 7.34. The first-order chi connectivity index (χ1) is 22.8. The van der Waals surface area contributed by atoms with Crippen LogP contribution in [0.5, 0.6) is 0 Å². The maximum absolute atomic E-state index is 6.82. The summed E-state index contributed by atoms with van der Waals surface area (Å²) >= 11 is 1.88. The predicted octanol–water partition coefficient (Wildman–Crippen LogP) is 12.5. The molecule has 1 heterocycles. The zero-order chi connectivity index (χ0) is 30.9. The molecule has 2 heteroatoms. The third-order valence-corrected chi connectivity index (χ3v) is 9.99. The van der Waals surface area contributed by atoms with Gasteiger partial charge in [-0.3, -0.25) is 0 Å². The fraction of sp³-hybridized carbons (Fsp3) is 0.0227. The van der Waals surface area contributed by atoms with Crippen LogP contribution in [0.2, 0.25) is 0 Å². The lowest BCUT2D eigenvalue weighted by Crippen LogP contribution is -1.90. The molecule has 9 rings (SSSR count). The van der Waals surface area contributed by atoms with E-state index in [9.17, 15) is 0 Å². The molecule has 9 aromatic rings. The summed E-state index contributed by atoms with van der Waals surface area (Å²) in [7, 11) is 0. The van der Waals surface area contributed by atoms with E-state index >= 15 is 0 Å². The van der Waals surface area contributed by atoms with Crippen LogP contribution in [-0.4, -0.2) is 6.21 Å². The van der Waals surface area contributed by atoms with Gasteiger partial charge in [-0.2, -0.15) is 0 Å². The summed E-state index contributed by atoms with van der Waals surface area (Å²) in [5.74, 6) is 0. The van der Waals surface area contributed by atoms with Crippen LogP contribution in [0.3, 0.4) is 0 Å². The molecule has 0 fully saturated rings. The summed E-state index contributed by atoms with van der Waals surface area (Å²) in [6.45, 7) is 0.